The largest absolute Gasteiger partial charge is 0.296 e. The molecular formula is C12H6F3NO. The van der Waals surface area contributed by atoms with Crippen molar-refractivity contribution in [1.29, 1.82) is 0 Å². The van der Waals surface area contributed by atoms with E-state index in [1.807, 2.05) is 0 Å². The van der Waals surface area contributed by atoms with Crippen molar-refractivity contribution in [3.05, 3.63) is 53.5 Å². The predicted molar refractivity (Wildman–Crippen MR) is 54.9 cm³/mol. The molecule has 0 radical (unpaired) electrons. The van der Waals surface area contributed by atoms with Gasteiger partial charge in [0.25, 0.3) is 0 Å². The maximum atomic E-state index is 13.4. The molecule has 0 atom stereocenters. The van der Waals surface area contributed by atoms with E-state index in [2.05, 4.69) is 4.98 Å². The number of hydrogen-bond acceptors (Lipinski definition) is 2. The Kier molecular flexibility index (Phi) is 2.91. The fourth-order valence-electron chi connectivity index (χ4n) is 1.40. The van der Waals surface area contributed by atoms with Gasteiger partial charge in [0.05, 0.1) is 0 Å². The van der Waals surface area contributed by atoms with Crippen molar-refractivity contribution in [2.45, 2.75) is 0 Å². The highest BCUT2D eigenvalue weighted by Gasteiger charge is 2.15. The van der Waals surface area contributed by atoms with Gasteiger partial charge >= 0.3 is 0 Å². The first-order valence-corrected chi connectivity index (χ1v) is 4.69. The van der Waals surface area contributed by atoms with Crippen molar-refractivity contribution < 1.29 is 18.0 Å². The monoisotopic (exact) mass is 237 g/mol. The summed E-state index contributed by atoms with van der Waals surface area (Å²) in [6.45, 7) is 0. The molecule has 17 heavy (non-hydrogen) atoms. The molecule has 1 heterocycles. The molecule has 1 aromatic heterocycles. The van der Waals surface area contributed by atoms with E-state index in [0.717, 1.165) is 18.2 Å². The van der Waals surface area contributed by atoms with E-state index in [4.69, 9.17) is 0 Å². The SMILES string of the molecule is O=Cc1ccc(F)c(-c2cccc(F)c2F)n1. The first kappa shape index (κ1) is 11.3. The van der Waals surface area contributed by atoms with Crippen LogP contribution in [0.25, 0.3) is 11.3 Å². The molecule has 0 N–H and O–H groups in total. The molecule has 0 fully saturated rings. The lowest BCUT2D eigenvalue weighted by Gasteiger charge is -2.05. The second kappa shape index (κ2) is 4.37. The molecule has 0 amide bonds. The average molecular weight is 237 g/mol. The maximum Gasteiger partial charge on any atom is 0.168 e. The highest BCUT2D eigenvalue weighted by atomic mass is 19.2. The van der Waals surface area contributed by atoms with Crippen molar-refractivity contribution in [3.63, 3.8) is 0 Å². The summed E-state index contributed by atoms with van der Waals surface area (Å²) in [6, 6.07) is 5.49. The summed E-state index contributed by atoms with van der Waals surface area (Å²) in [4.78, 5) is 14.1. The Morgan fingerprint density at radius 2 is 1.76 bits per heavy atom. The van der Waals surface area contributed by atoms with Crippen LogP contribution in [0.5, 0.6) is 0 Å². The number of pyridine rings is 1. The molecule has 0 bridgehead atoms. The fourth-order valence-corrected chi connectivity index (χ4v) is 1.40. The summed E-state index contributed by atoms with van der Waals surface area (Å²) >= 11 is 0. The van der Waals surface area contributed by atoms with Gasteiger partial charge in [-0.2, -0.15) is 0 Å². The molecule has 1 aromatic carbocycles. The van der Waals surface area contributed by atoms with E-state index in [9.17, 15) is 18.0 Å². The molecule has 0 spiro atoms. The van der Waals surface area contributed by atoms with Crippen LogP contribution in [0.2, 0.25) is 0 Å². The molecule has 5 heteroatoms. The quantitative estimate of drug-likeness (QED) is 0.751. The Bertz CT molecular complexity index is 584. The minimum Gasteiger partial charge on any atom is -0.296 e. The summed E-state index contributed by atoms with van der Waals surface area (Å²) < 4.78 is 39.9. The van der Waals surface area contributed by atoms with Crippen LogP contribution in [0.3, 0.4) is 0 Å². The Labute approximate surface area is 94.7 Å². The van der Waals surface area contributed by atoms with E-state index in [1.165, 1.54) is 12.1 Å². The van der Waals surface area contributed by atoms with Crippen molar-refractivity contribution >= 4 is 6.29 Å². The van der Waals surface area contributed by atoms with Gasteiger partial charge < -0.3 is 0 Å². The number of carbonyl (C=O) groups is 1. The lowest BCUT2D eigenvalue weighted by molar-refractivity contribution is 0.111. The normalized spacial score (nSPS) is 10.3. The fraction of sp³-hybridized carbons (Fsp3) is 0. The van der Waals surface area contributed by atoms with Gasteiger partial charge in [-0.05, 0) is 24.3 Å². The highest BCUT2D eigenvalue weighted by molar-refractivity contribution is 5.74. The molecule has 2 aromatic rings. The Balaban J connectivity index is 2.67. The summed E-state index contributed by atoms with van der Waals surface area (Å²) in [6.07, 6.45) is 0.403. The smallest absolute Gasteiger partial charge is 0.168 e. The Hall–Kier alpha value is -2.17. The summed E-state index contributed by atoms with van der Waals surface area (Å²) in [7, 11) is 0. The van der Waals surface area contributed by atoms with Crippen LogP contribution < -0.4 is 0 Å². The minimum atomic E-state index is -1.19. The molecular weight excluding hydrogens is 231 g/mol. The van der Waals surface area contributed by atoms with Crippen LogP contribution in [0, 0.1) is 17.5 Å². The van der Waals surface area contributed by atoms with Gasteiger partial charge in [0, 0.05) is 5.56 Å². The van der Waals surface area contributed by atoms with E-state index in [-0.39, 0.29) is 17.0 Å². The summed E-state index contributed by atoms with van der Waals surface area (Å²) in [5.74, 6) is -3.11. The molecule has 0 aliphatic rings. The minimum absolute atomic E-state index is 0.0509. The third kappa shape index (κ3) is 2.04. The van der Waals surface area contributed by atoms with Gasteiger partial charge in [-0.3, -0.25) is 4.79 Å². The van der Waals surface area contributed by atoms with Crippen molar-refractivity contribution in [2.24, 2.45) is 0 Å². The molecule has 86 valence electrons. The third-order valence-corrected chi connectivity index (χ3v) is 2.20. The number of hydrogen-bond donors (Lipinski definition) is 0. The van der Waals surface area contributed by atoms with Crippen molar-refractivity contribution in [3.8, 4) is 11.3 Å². The standard InChI is InChI=1S/C12H6F3NO/c13-9-3-1-2-8(11(9)15)12-10(14)5-4-7(6-17)16-12/h1-6H. The van der Waals surface area contributed by atoms with E-state index < -0.39 is 17.5 Å². The van der Waals surface area contributed by atoms with Crippen LogP contribution in [0.4, 0.5) is 13.2 Å². The zero-order valence-corrected chi connectivity index (χ0v) is 8.45. The van der Waals surface area contributed by atoms with Crippen LogP contribution in [-0.2, 0) is 0 Å². The molecule has 0 unspecified atom stereocenters. The number of nitrogens with zero attached hydrogens (tertiary/aromatic N) is 1. The second-order valence-corrected chi connectivity index (χ2v) is 3.29. The third-order valence-electron chi connectivity index (χ3n) is 2.20. The van der Waals surface area contributed by atoms with Gasteiger partial charge in [0.15, 0.2) is 17.9 Å². The van der Waals surface area contributed by atoms with Crippen LogP contribution in [-0.4, -0.2) is 11.3 Å². The number of rotatable bonds is 2. The van der Waals surface area contributed by atoms with Gasteiger partial charge in [-0.15, -0.1) is 0 Å². The lowest BCUT2D eigenvalue weighted by atomic mass is 10.1. The zero-order chi connectivity index (χ0) is 12.4. The molecule has 0 aliphatic carbocycles. The maximum absolute atomic E-state index is 13.4. The molecule has 2 nitrogen and oxygen atoms in total. The van der Waals surface area contributed by atoms with Crippen LogP contribution in [0.1, 0.15) is 10.5 Å². The molecule has 0 saturated heterocycles. The number of benzene rings is 1. The number of aldehydes is 1. The molecule has 0 saturated carbocycles. The first-order valence-electron chi connectivity index (χ1n) is 4.69. The topological polar surface area (TPSA) is 30.0 Å². The van der Waals surface area contributed by atoms with Gasteiger partial charge in [-0.1, -0.05) is 6.07 Å². The van der Waals surface area contributed by atoms with Crippen LogP contribution >= 0.6 is 0 Å². The van der Waals surface area contributed by atoms with Gasteiger partial charge in [-0.25, -0.2) is 18.2 Å². The second-order valence-electron chi connectivity index (χ2n) is 3.29. The number of halogens is 3. The predicted octanol–water partition coefficient (Wildman–Crippen LogP) is 2.98. The average Bonchev–Trinajstić information content (AvgIpc) is 2.34. The molecule has 2 rings (SSSR count). The van der Waals surface area contributed by atoms with E-state index in [0.29, 0.717) is 6.29 Å². The zero-order valence-electron chi connectivity index (χ0n) is 8.45. The Morgan fingerprint density at radius 3 is 2.47 bits per heavy atom. The van der Waals surface area contributed by atoms with E-state index >= 15 is 0 Å². The van der Waals surface area contributed by atoms with Gasteiger partial charge in [0.1, 0.15) is 17.2 Å². The number of aromatic nitrogens is 1. The van der Waals surface area contributed by atoms with Gasteiger partial charge in [0.2, 0.25) is 0 Å². The summed E-state index contributed by atoms with van der Waals surface area (Å²) in [5, 5.41) is 0. The van der Waals surface area contributed by atoms with Crippen molar-refractivity contribution in [2.75, 3.05) is 0 Å². The Morgan fingerprint density at radius 1 is 1.00 bits per heavy atom. The first-order chi connectivity index (χ1) is 8.13. The van der Waals surface area contributed by atoms with Crippen LogP contribution in [0.15, 0.2) is 30.3 Å². The molecule has 0 aliphatic heterocycles. The summed E-state index contributed by atoms with van der Waals surface area (Å²) in [5.41, 5.74) is -0.747. The van der Waals surface area contributed by atoms with E-state index in [1.54, 1.807) is 0 Å². The number of carbonyl (C=O) groups excluding carboxylic acids is 1. The lowest BCUT2D eigenvalue weighted by Crippen LogP contribution is -1.97. The van der Waals surface area contributed by atoms with Crippen molar-refractivity contribution in [1.82, 2.24) is 4.98 Å². The highest BCUT2D eigenvalue weighted by Crippen LogP contribution is 2.25.